The summed E-state index contributed by atoms with van der Waals surface area (Å²) in [6.07, 6.45) is 0.345. The van der Waals surface area contributed by atoms with E-state index in [1.54, 1.807) is 4.90 Å². The minimum absolute atomic E-state index is 0.213. The van der Waals surface area contributed by atoms with Crippen molar-refractivity contribution in [1.29, 1.82) is 0 Å². The third kappa shape index (κ3) is 4.37. The molecule has 1 aliphatic rings. The molecule has 0 spiro atoms. The van der Waals surface area contributed by atoms with E-state index in [2.05, 4.69) is 33.9 Å². The lowest BCUT2D eigenvalue weighted by Crippen LogP contribution is -2.41. The van der Waals surface area contributed by atoms with Gasteiger partial charge in [0.05, 0.1) is 6.54 Å². The zero-order chi connectivity index (χ0) is 18.0. The van der Waals surface area contributed by atoms with E-state index in [4.69, 9.17) is 14.9 Å². The number of hydrogen-bond acceptors (Lipinski definition) is 4. The fourth-order valence-electron chi connectivity index (χ4n) is 2.34. The SMILES string of the molecule is CC(C)(C)[Si](C)(C)OCCc1ccc(N2C[C@@H](CN)OC2=O)cc1. The summed E-state index contributed by atoms with van der Waals surface area (Å²) in [5.41, 5.74) is 7.63. The van der Waals surface area contributed by atoms with Crippen LogP contribution in [0.4, 0.5) is 10.5 Å². The van der Waals surface area contributed by atoms with Crippen molar-refractivity contribution >= 4 is 20.1 Å². The third-order valence-corrected chi connectivity index (χ3v) is 9.58. The first-order valence-electron chi connectivity index (χ1n) is 8.55. The summed E-state index contributed by atoms with van der Waals surface area (Å²) in [5, 5.41) is 0.229. The van der Waals surface area contributed by atoms with Gasteiger partial charge in [-0.15, -0.1) is 0 Å². The number of carbonyl (C=O) groups excluding carboxylic acids is 1. The molecule has 134 valence electrons. The van der Waals surface area contributed by atoms with Gasteiger partial charge in [-0.2, -0.15) is 0 Å². The van der Waals surface area contributed by atoms with Gasteiger partial charge in [0, 0.05) is 18.8 Å². The number of cyclic esters (lactones) is 1. The van der Waals surface area contributed by atoms with E-state index in [0.29, 0.717) is 13.1 Å². The van der Waals surface area contributed by atoms with Crippen molar-refractivity contribution < 1.29 is 14.0 Å². The average Bonchev–Trinajstić information content (AvgIpc) is 2.88. The second kappa shape index (κ2) is 7.25. The highest BCUT2D eigenvalue weighted by Crippen LogP contribution is 2.36. The lowest BCUT2D eigenvalue weighted by atomic mass is 10.1. The van der Waals surface area contributed by atoms with E-state index in [1.165, 1.54) is 5.56 Å². The molecule has 0 unspecified atom stereocenters. The Labute approximate surface area is 146 Å². The molecule has 0 aliphatic carbocycles. The zero-order valence-corrected chi connectivity index (χ0v) is 16.5. The largest absolute Gasteiger partial charge is 0.443 e. The normalized spacial score (nSPS) is 18.8. The Morgan fingerprint density at radius 2 is 1.92 bits per heavy atom. The van der Waals surface area contributed by atoms with E-state index < -0.39 is 8.32 Å². The molecular formula is C18H30N2O3Si. The maximum atomic E-state index is 11.8. The van der Waals surface area contributed by atoms with E-state index in [9.17, 15) is 4.79 Å². The average molecular weight is 351 g/mol. The molecule has 5 nitrogen and oxygen atoms in total. The van der Waals surface area contributed by atoms with Gasteiger partial charge in [0.15, 0.2) is 8.32 Å². The molecule has 2 N–H and O–H groups in total. The highest BCUT2D eigenvalue weighted by Gasteiger charge is 2.36. The van der Waals surface area contributed by atoms with Crippen LogP contribution in [-0.2, 0) is 15.6 Å². The Bertz CT molecular complexity index is 567. The van der Waals surface area contributed by atoms with Crippen molar-refractivity contribution in [2.24, 2.45) is 5.73 Å². The van der Waals surface area contributed by atoms with E-state index in [0.717, 1.165) is 18.7 Å². The molecule has 1 aromatic rings. The van der Waals surface area contributed by atoms with Crippen molar-refractivity contribution in [3.63, 3.8) is 0 Å². The summed E-state index contributed by atoms with van der Waals surface area (Å²) in [6, 6.07) is 8.02. The number of benzene rings is 1. The van der Waals surface area contributed by atoms with Crippen molar-refractivity contribution in [2.75, 3.05) is 24.6 Å². The number of nitrogens with two attached hydrogens (primary N) is 1. The standard InChI is InChI=1S/C18H30N2O3Si/c1-18(2,3)24(4,5)22-11-10-14-6-8-15(9-7-14)20-13-16(12-19)23-17(20)21/h6-9,16H,10-13,19H2,1-5H3/t16-/m1/s1. The van der Waals surface area contributed by atoms with Crippen LogP contribution >= 0.6 is 0 Å². The van der Waals surface area contributed by atoms with E-state index in [-0.39, 0.29) is 17.2 Å². The molecule has 1 aromatic carbocycles. The monoisotopic (exact) mass is 350 g/mol. The first-order chi connectivity index (χ1) is 11.1. The summed E-state index contributed by atoms with van der Waals surface area (Å²) in [5.74, 6) is 0. The van der Waals surface area contributed by atoms with Gasteiger partial charge in [-0.1, -0.05) is 32.9 Å². The van der Waals surface area contributed by atoms with Gasteiger partial charge in [0.1, 0.15) is 6.10 Å². The number of ether oxygens (including phenoxy) is 1. The summed E-state index contributed by atoms with van der Waals surface area (Å²) in [7, 11) is -1.69. The number of carbonyl (C=O) groups is 1. The Hall–Kier alpha value is -1.37. The van der Waals surface area contributed by atoms with Gasteiger partial charge in [-0.25, -0.2) is 4.79 Å². The van der Waals surface area contributed by atoms with Gasteiger partial charge in [-0.05, 0) is 42.2 Å². The number of anilines is 1. The highest BCUT2D eigenvalue weighted by molar-refractivity contribution is 6.74. The van der Waals surface area contributed by atoms with Crippen LogP contribution in [0.2, 0.25) is 18.1 Å². The summed E-state index contributed by atoms with van der Waals surface area (Å²) >= 11 is 0. The highest BCUT2D eigenvalue weighted by atomic mass is 28.4. The Morgan fingerprint density at radius 3 is 2.42 bits per heavy atom. The third-order valence-electron chi connectivity index (χ3n) is 5.04. The Morgan fingerprint density at radius 1 is 1.29 bits per heavy atom. The first kappa shape index (κ1) is 19.0. The van der Waals surface area contributed by atoms with Gasteiger partial charge in [0.2, 0.25) is 0 Å². The van der Waals surface area contributed by atoms with Crippen LogP contribution in [0.25, 0.3) is 0 Å². The molecule has 1 atom stereocenters. The van der Waals surface area contributed by atoms with Crippen LogP contribution in [0.3, 0.4) is 0 Å². The number of amides is 1. The Kier molecular flexibility index (Phi) is 5.73. The summed E-state index contributed by atoms with van der Waals surface area (Å²) in [6.45, 7) is 12.9. The summed E-state index contributed by atoms with van der Waals surface area (Å²) in [4.78, 5) is 13.5. The topological polar surface area (TPSA) is 64.8 Å². The molecule has 2 rings (SSSR count). The molecule has 0 bridgehead atoms. The quantitative estimate of drug-likeness (QED) is 0.797. The van der Waals surface area contributed by atoms with Gasteiger partial charge < -0.3 is 14.9 Å². The van der Waals surface area contributed by atoms with Crippen LogP contribution < -0.4 is 10.6 Å². The number of rotatable bonds is 6. The predicted molar refractivity (Wildman–Crippen MR) is 100.0 cm³/mol. The van der Waals surface area contributed by atoms with Crippen LogP contribution in [0.5, 0.6) is 0 Å². The van der Waals surface area contributed by atoms with Crippen molar-refractivity contribution in [2.45, 2.75) is 51.4 Å². The molecular weight excluding hydrogens is 320 g/mol. The predicted octanol–water partition coefficient (Wildman–Crippen LogP) is 3.53. The molecule has 1 saturated heterocycles. The fourth-order valence-corrected chi connectivity index (χ4v) is 3.38. The Balaban J connectivity index is 1.90. The smallest absolute Gasteiger partial charge is 0.414 e. The minimum atomic E-state index is -1.69. The number of nitrogens with zero attached hydrogens (tertiary/aromatic N) is 1. The van der Waals surface area contributed by atoms with Crippen LogP contribution in [0.1, 0.15) is 26.3 Å². The van der Waals surface area contributed by atoms with E-state index >= 15 is 0 Å². The maximum Gasteiger partial charge on any atom is 0.414 e. The summed E-state index contributed by atoms with van der Waals surface area (Å²) < 4.78 is 11.4. The first-order valence-corrected chi connectivity index (χ1v) is 11.5. The van der Waals surface area contributed by atoms with Crippen LogP contribution in [0, 0.1) is 0 Å². The van der Waals surface area contributed by atoms with E-state index in [1.807, 2.05) is 24.3 Å². The van der Waals surface area contributed by atoms with Crippen LogP contribution in [-0.4, -0.2) is 40.2 Å². The lowest BCUT2D eigenvalue weighted by Gasteiger charge is -2.36. The van der Waals surface area contributed by atoms with Crippen molar-refractivity contribution in [1.82, 2.24) is 0 Å². The molecule has 0 saturated carbocycles. The second-order valence-corrected chi connectivity index (χ2v) is 12.7. The minimum Gasteiger partial charge on any atom is -0.443 e. The van der Waals surface area contributed by atoms with Crippen molar-refractivity contribution in [3.05, 3.63) is 29.8 Å². The lowest BCUT2D eigenvalue weighted by molar-refractivity contribution is 0.145. The molecule has 1 amide bonds. The fraction of sp³-hybridized carbons (Fsp3) is 0.611. The number of hydrogen-bond donors (Lipinski definition) is 1. The molecule has 0 radical (unpaired) electrons. The molecule has 1 heterocycles. The second-order valence-electron chi connectivity index (χ2n) is 7.88. The molecule has 1 aliphatic heterocycles. The van der Waals surface area contributed by atoms with Crippen LogP contribution in [0.15, 0.2) is 24.3 Å². The zero-order valence-electron chi connectivity index (χ0n) is 15.5. The van der Waals surface area contributed by atoms with Gasteiger partial charge in [-0.3, -0.25) is 4.90 Å². The van der Waals surface area contributed by atoms with Gasteiger partial charge >= 0.3 is 6.09 Å². The van der Waals surface area contributed by atoms with Crippen molar-refractivity contribution in [3.8, 4) is 0 Å². The van der Waals surface area contributed by atoms with Gasteiger partial charge in [0.25, 0.3) is 0 Å². The molecule has 0 aromatic heterocycles. The molecule has 6 heteroatoms. The maximum absolute atomic E-state index is 11.8. The molecule has 1 fully saturated rings. The molecule has 24 heavy (non-hydrogen) atoms.